The summed E-state index contributed by atoms with van der Waals surface area (Å²) in [6.07, 6.45) is 0.656. The first-order valence-electron chi connectivity index (χ1n) is 5.59. The van der Waals surface area contributed by atoms with Crippen LogP contribution in [0.25, 0.3) is 0 Å². The predicted octanol–water partition coefficient (Wildman–Crippen LogP) is 0.942. The Balaban J connectivity index is 2.17. The minimum Gasteiger partial charge on any atom is -0.478 e. The Kier molecular flexibility index (Phi) is 3.47. The summed E-state index contributed by atoms with van der Waals surface area (Å²) in [6.45, 7) is 0.939. The van der Waals surface area contributed by atoms with E-state index in [4.69, 9.17) is 15.6 Å². The molecule has 1 unspecified atom stereocenters. The van der Waals surface area contributed by atoms with E-state index in [1.807, 2.05) is 0 Å². The van der Waals surface area contributed by atoms with Crippen molar-refractivity contribution in [3.8, 4) is 0 Å². The first-order valence-corrected chi connectivity index (χ1v) is 5.59. The number of amides is 1. The largest absolute Gasteiger partial charge is 0.478 e. The number of hydrogen-bond donors (Lipinski definition) is 3. The Bertz CT molecular complexity index is 481. The maximum absolute atomic E-state index is 11.9. The van der Waals surface area contributed by atoms with Gasteiger partial charge in [0.2, 0.25) is 5.91 Å². The molecule has 1 aliphatic rings. The van der Waals surface area contributed by atoms with E-state index < -0.39 is 5.97 Å². The highest BCUT2D eigenvalue weighted by molar-refractivity contribution is 6.01. The SMILES string of the molecule is Nc1ccc(NC(=O)C2CCOC2)c(C(=O)O)c1. The summed E-state index contributed by atoms with van der Waals surface area (Å²) in [6, 6.07) is 4.36. The summed E-state index contributed by atoms with van der Waals surface area (Å²) in [5, 5.41) is 11.6. The number of anilines is 2. The number of benzene rings is 1. The molecule has 1 amide bonds. The standard InChI is InChI=1S/C12H14N2O4/c13-8-1-2-10(9(5-8)12(16)17)14-11(15)7-3-4-18-6-7/h1-2,5,7H,3-4,6,13H2,(H,14,15)(H,16,17). The minimum atomic E-state index is -1.12. The quantitative estimate of drug-likeness (QED) is 0.693. The number of aromatic carboxylic acids is 1. The van der Waals surface area contributed by atoms with Gasteiger partial charge >= 0.3 is 5.97 Å². The van der Waals surface area contributed by atoms with Crippen molar-refractivity contribution in [2.24, 2.45) is 5.92 Å². The highest BCUT2D eigenvalue weighted by atomic mass is 16.5. The van der Waals surface area contributed by atoms with Crippen LogP contribution in [-0.2, 0) is 9.53 Å². The molecule has 96 valence electrons. The van der Waals surface area contributed by atoms with E-state index in [0.717, 1.165) is 0 Å². The molecule has 1 aromatic rings. The maximum atomic E-state index is 11.9. The summed E-state index contributed by atoms with van der Waals surface area (Å²) in [7, 11) is 0. The second-order valence-electron chi connectivity index (χ2n) is 4.16. The molecule has 0 radical (unpaired) electrons. The van der Waals surface area contributed by atoms with Crippen LogP contribution in [0, 0.1) is 5.92 Å². The Hall–Kier alpha value is -2.08. The Morgan fingerprint density at radius 3 is 2.83 bits per heavy atom. The normalized spacial score (nSPS) is 18.6. The minimum absolute atomic E-state index is 0.0118. The fourth-order valence-corrected chi connectivity index (χ4v) is 1.82. The zero-order chi connectivity index (χ0) is 13.1. The average molecular weight is 250 g/mol. The molecular weight excluding hydrogens is 236 g/mol. The fourth-order valence-electron chi connectivity index (χ4n) is 1.82. The van der Waals surface area contributed by atoms with Gasteiger partial charge in [0.1, 0.15) is 0 Å². The summed E-state index contributed by atoms with van der Waals surface area (Å²) >= 11 is 0. The van der Waals surface area contributed by atoms with Gasteiger partial charge in [-0.15, -0.1) is 0 Å². The van der Waals surface area contributed by atoms with Gasteiger partial charge in [-0.1, -0.05) is 0 Å². The lowest BCUT2D eigenvalue weighted by Gasteiger charge is -2.12. The fraction of sp³-hybridized carbons (Fsp3) is 0.333. The van der Waals surface area contributed by atoms with Gasteiger partial charge in [-0.2, -0.15) is 0 Å². The van der Waals surface area contributed by atoms with Gasteiger partial charge < -0.3 is 20.9 Å². The predicted molar refractivity (Wildman–Crippen MR) is 65.4 cm³/mol. The van der Waals surface area contributed by atoms with Crippen molar-refractivity contribution in [2.75, 3.05) is 24.3 Å². The molecular formula is C12H14N2O4. The lowest BCUT2D eigenvalue weighted by atomic mass is 10.1. The van der Waals surface area contributed by atoms with Gasteiger partial charge in [-0.05, 0) is 24.6 Å². The number of nitrogens with one attached hydrogen (secondary N) is 1. The van der Waals surface area contributed by atoms with Crippen LogP contribution in [-0.4, -0.2) is 30.2 Å². The number of nitrogen functional groups attached to an aromatic ring is 1. The zero-order valence-electron chi connectivity index (χ0n) is 9.68. The molecule has 0 aromatic heterocycles. The number of carbonyl (C=O) groups is 2. The van der Waals surface area contributed by atoms with Gasteiger partial charge in [0.05, 0.1) is 23.8 Å². The molecule has 1 atom stereocenters. The van der Waals surface area contributed by atoms with Crippen molar-refractivity contribution in [2.45, 2.75) is 6.42 Å². The molecule has 1 aliphatic heterocycles. The number of nitrogens with two attached hydrogens (primary N) is 1. The van der Waals surface area contributed by atoms with E-state index in [1.54, 1.807) is 6.07 Å². The molecule has 4 N–H and O–H groups in total. The van der Waals surface area contributed by atoms with E-state index in [-0.39, 0.29) is 23.1 Å². The van der Waals surface area contributed by atoms with Gasteiger partial charge in [0, 0.05) is 12.3 Å². The van der Waals surface area contributed by atoms with Crippen molar-refractivity contribution >= 4 is 23.3 Å². The molecule has 0 aliphatic carbocycles. The van der Waals surface area contributed by atoms with Crippen molar-refractivity contribution < 1.29 is 19.4 Å². The first-order chi connectivity index (χ1) is 8.58. The van der Waals surface area contributed by atoms with Crippen molar-refractivity contribution in [1.29, 1.82) is 0 Å². The van der Waals surface area contributed by atoms with Crippen LogP contribution >= 0.6 is 0 Å². The van der Waals surface area contributed by atoms with Crippen LogP contribution < -0.4 is 11.1 Å². The van der Waals surface area contributed by atoms with Crippen LogP contribution in [0.2, 0.25) is 0 Å². The first kappa shape index (κ1) is 12.4. The van der Waals surface area contributed by atoms with Gasteiger partial charge in [-0.3, -0.25) is 4.79 Å². The van der Waals surface area contributed by atoms with Crippen LogP contribution in [0.1, 0.15) is 16.8 Å². The van der Waals surface area contributed by atoms with Gasteiger partial charge in [0.15, 0.2) is 0 Å². The number of ether oxygens (including phenoxy) is 1. The Labute approximate surface area is 104 Å². The van der Waals surface area contributed by atoms with E-state index in [2.05, 4.69) is 5.32 Å². The molecule has 0 spiro atoms. The number of carboxylic acids is 1. The molecule has 1 aromatic carbocycles. The summed E-state index contributed by atoms with van der Waals surface area (Å²) in [4.78, 5) is 22.9. The van der Waals surface area contributed by atoms with Gasteiger partial charge in [0.25, 0.3) is 0 Å². The lowest BCUT2D eigenvalue weighted by molar-refractivity contribution is -0.119. The number of carbonyl (C=O) groups excluding carboxylic acids is 1. The maximum Gasteiger partial charge on any atom is 0.337 e. The smallest absolute Gasteiger partial charge is 0.337 e. The second-order valence-corrected chi connectivity index (χ2v) is 4.16. The third-order valence-electron chi connectivity index (χ3n) is 2.83. The van der Waals surface area contributed by atoms with Crippen LogP contribution in [0.15, 0.2) is 18.2 Å². The van der Waals surface area contributed by atoms with Gasteiger partial charge in [-0.25, -0.2) is 4.79 Å². The average Bonchev–Trinajstić information content (AvgIpc) is 2.84. The molecule has 0 bridgehead atoms. The van der Waals surface area contributed by atoms with E-state index in [0.29, 0.717) is 25.3 Å². The van der Waals surface area contributed by atoms with Crippen molar-refractivity contribution in [3.63, 3.8) is 0 Å². The number of hydrogen-bond acceptors (Lipinski definition) is 4. The molecule has 0 saturated carbocycles. The molecule has 1 saturated heterocycles. The highest BCUT2D eigenvalue weighted by Gasteiger charge is 2.24. The molecule has 18 heavy (non-hydrogen) atoms. The van der Waals surface area contributed by atoms with Crippen molar-refractivity contribution in [1.82, 2.24) is 0 Å². The molecule has 1 heterocycles. The number of carboxylic acid groups (broad SMARTS) is 1. The molecule has 6 nitrogen and oxygen atoms in total. The third-order valence-corrected chi connectivity index (χ3v) is 2.83. The van der Waals surface area contributed by atoms with Crippen LogP contribution in [0.5, 0.6) is 0 Å². The molecule has 1 fully saturated rings. The molecule has 2 rings (SSSR count). The highest BCUT2D eigenvalue weighted by Crippen LogP contribution is 2.21. The monoisotopic (exact) mass is 250 g/mol. The van der Waals surface area contributed by atoms with E-state index >= 15 is 0 Å². The summed E-state index contributed by atoms with van der Waals surface area (Å²) in [5.41, 5.74) is 6.11. The third kappa shape index (κ3) is 2.60. The van der Waals surface area contributed by atoms with Crippen molar-refractivity contribution in [3.05, 3.63) is 23.8 Å². The lowest BCUT2D eigenvalue weighted by Crippen LogP contribution is -2.24. The van der Waals surface area contributed by atoms with E-state index in [9.17, 15) is 9.59 Å². The summed E-state index contributed by atoms with van der Waals surface area (Å²) < 4.78 is 5.12. The topological polar surface area (TPSA) is 102 Å². The Morgan fingerprint density at radius 1 is 1.44 bits per heavy atom. The van der Waals surface area contributed by atoms with E-state index in [1.165, 1.54) is 12.1 Å². The molecule has 6 heteroatoms. The second kappa shape index (κ2) is 5.05. The van der Waals surface area contributed by atoms with Crippen LogP contribution in [0.3, 0.4) is 0 Å². The Morgan fingerprint density at radius 2 is 2.22 bits per heavy atom. The van der Waals surface area contributed by atoms with Crippen LogP contribution in [0.4, 0.5) is 11.4 Å². The number of rotatable bonds is 3. The summed E-state index contributed by atoms with van der Waals surface area (Å²) in [5.74, 6) is -1.57. The zero-order valence-corrected chi connectivity index (χ0v) is 9.68.